The van der Waals surface area contributed by atoms with Gasteiger partial charge in [0.25, 0.3) is 0 Å². The van der Waals surface area contributed by atoms with Crippen molar-refractivity contribution in [1.29, 1.82) is 0 Å². The minimum atomic E-state index is -4.42. The first-order valence-electron chi connectivity index (χ1n) is 28.6. The van der Waals surface area contributed by atoms with Gasteiger partial charge in [-0.1, -0.05) is 223 Å². The van der Waals surface area contributed by atoms with Gasteiger partial charge in [0, 0.05) is 19.4 Å². The Labute approximate surface area is 457 Å². The molecular weight excluding hydrogens is 954 g/mol. The Morgan fingerprint density at radius 1 is 0.400 bits per heavy atom. The Morgan fingerprint density at radius 3 is 1.05 bits per heavy atom. The second-order valence-corrected chi connectivity index (χ2v) is 19.5. The van der Waals surface area contributed by atoms with Crippen LogP contribution in [0.2, 0.25) is 0 Å². The Hall–Kier alpha value is -4.63. The van der Waals surface area contributed by atoms with Gasteiger partial charge in [0.2, 0.25) is 0 Å². The first kappa shape index (κ1) is 70.4. The van der Waals surface area contributed by atoms with E-state index in [2.05, 4.69) is 184 Å². The fourth-order valence-corrected chi connectivity index (χ4v) is 7.71. The molecule has 3 N–H and O–H groups in total. The van der Waals surface area contributed by atoms with E-state index in [9.17, 15) is 19.0 Å². The maximum Gasteiger partial charge on any atom is 0.472 e. The van der Waals surface area contributed by atoms with Crippen molar-refractivity contribution >= 4 is 19.8 Å². The number of hydrogen-bond acceptors (Lipinski definition) is 8. The summed E-state index contributed by atoms with van der Waals surface area (Å²) in [6, 6.07) is 0. The average Bonchev–Trinajstić information content (AvgIpc) is 3.40. The number of carbonyl (C=O) groups is 2. The zero-order valence-electron chi connectivity index (χ0n) is 46.7. The molecule has 0 aliphatic rings. The highest BCUT2D eigenvalue weighted by Gasteiger charge is 2.26. The van der Waals surface area contributed by atoms with E-state index in [0.29, 0.717) is 12.8 Å². The van der Waals surface area contributed by atoms with Crippen LogP contribution in [0.15, 0.2) is 170 Å². The smallest absolute Gasteiger partial charge is 0.462 e. The van der Waals surface area contributed by atoms with Gasteiger partial charge in [0.1, 0.15) is 6.61 Å². The number of unbranched alkanes of at least 4 members (excludes halogenated alkanes) is 10. The van der Waals surface area contributed by atoms with Crippen molar-refractivity contribution in [3.8, 4) is 0 Å². The maximum atomic E-state index is 12.7. The molecule has 0 aromatic rings. The minimum Gasteiger partial charge on any atom is -0.462 e. The minimum absolute atomic E-state index is 0.0347. The quantitative estimate of drug-likeness (QED) is 0.0264. The molecule has 0 aliphatic heterocycles. The van der Waals surface area contributed by atoms with E-state index >= 15 is 0 Å². The third kappa shape index (κ3) is 58.5. The summed E-state index contributed by atoms with van der Waals surface area (Å²) in [5, 5.41) is 0. The molecule has 0 amide bonds. The van der Waals surface area contributed by atoms with Crippen molar-refractivity contribution in [2.45, 2.75) is 200 Å². The summed E-state index contributed by atoms with van der Waals surface area (Å²) in [5.74, 6) is -0.904. The van der Waals surface area contributed by atoms with Crippen LogP contribution in [0.25, 0.3) is 0 Å². The summed E-state index contributed by atoms with van der Waals surface area (Å²) >= 11 is 0. The molecule has 0 fully saturated rings. The van der Waals surface area contributed by atoms with Gasteiger partial charge in [0.05, 0.1) is 13.2 Å². The van der Waals surface area contributed by atoms with Gasteiger partial charge >= 0.3 is 19.8 Å². The van der Waals surface area contributed by atoms with E-state index < -0.39 is 32.5 Å². The third-order valence-electron chi connectivity index (χ3n) is 11.1. The highest BCUT2D eigenvalue weighted by molar-refractivity contribution is 7.47. The van der Waals surface area contributed by atoms with Gasteiger partial charge in [0.15, 0.2) is 6.10 Å². The summed E-state index contributed by atoms with van der Waals surface area (Å²) in [5.41, 5.74) is 5.37. The van der Waals surface area contributed by atoms with E-state index in [4.69, 9.17) is 24.3 Å². The highest BCUT2D eigenvalue weighted by atomic mass is 31.2. The van der Waals surface area contributed by atoms with Crippen LogP contribution in [0.1, 0.15) is 194 Å². The lowest BCUT2D eigenvalue weighted by atomic mass is 10.1. The second-order valence-electron chi connectivity index (χ2n) is 18.0. The van der Waals surface area contributed by atoms with E-state index in [0.717, 1.165) is 128 Å². The Morgan fingerprint density at radius 2 is 0.693 bits per heavy atom. The monoisotopic (exact) mass is 1060 g/mol. The van der Waals surface area contributed by atoms with Gasteiger partial charge in [-0.15, -0.1) is 0 Å². The van der Waals surface area contributed by atoms with Crippen LogP contribution in [-0.4, -0.2) is 49.3 Å². The van der Waals surface area contributed by atoms with Crippen molar-refractivity contribution in [3.63, 3.8) is 0 Å². The zero-order chi connectivity index (χ0) is 54.5. The molecule has 420 valence electrons. The summed E-state index contributed by atoms with van der Waals surface area (Å²) in [4.78, 5) is 35.2. The molecule has 0 aromatic heterocycles. The van der Waals surface area contributed by atoms with Gasteiger partial charge in [-0.3, -0.25) is 18.6 Å². The lowest BCUT2D eigenvalue weighted by Gasteiger charge is -2.19. The summed E-state index contributed by atoms with van der Waals surface area (Å²) in [6.07, 6.45) is 86.9. The molecule has 2 unspecified atom stereocenters. The molecule has 0 heterocycles. The standard InChI is InChI=1S/C65H102NO8P/c1-3-5-7-9-11-13-15-17-19-21-23-25-26-27-28-29-30-31-32-33-34-35-36-38-40-42-44-46-48-50-52-54-56-58-65(68)74-63(62-73-75(69,70)72-60-59-66)61-71-64(67)57-55-53-51-49-47-45-43-41-39-37-24-22-20-18-16-14-12-10-8-6-4-2/h5-8,11-14,17-20,23-25,27-28,30-31,33-34,36-38,42,44,48,50,63H,3-4,9-10,15-16,21-22,26,29,32,35,39-41,43,45-47,49,51-62,66H2,1-2H3,(H,69,70)/b7-5-,8-6-,13-11-,14-12-,19-17-,20-18-,25-23-,28-27-,31-30-,34-33-,37-24-,38-36-,44-42-,50-48-. The van der Waals surface area contributed by atoms with Crippen LogP contribution >= 0.6 is 7.82 Å². The van der Waals surface area contributed by atoms with Crippen molar-refractivity contribution in [1.82, 2.24) is 0 Å². The molecule has 9 nitrogen and oxygen atoms in total. The molecule has 0 spiro atoms. The molecule has 0 aliphatic carbocycles. The van der Waals surface area contributed by atoms with Crippen molar-refractivity contribution in [2.75, 3.05) is 26.4 Å². The molecule has 75 heavy (non-hydrogen) atoms. The number of rotatable bonds is 51. The number of phosphoric acid groups is 1. The topological polar surface area (TPSA) is 134 Å². The third-order valence-corrected chi connectivity index (χ3v) is 12.1. The molecular formula is C65H102NO8P. The van der Waals surface area contributed by atoms with E-state index in [1.807, 2.05) is 0 Å². The van der Waals surface area contributed by atoms with Crippen LogP contribution in [0.5, 0.6) is 0 Å². The molecule has 0 bridgehead atoms. The molecule has 10 heteroatoms. The largest absolute Gasteiger partial charge is 0.472 e. The number of carbonyl (C=O) groups excluding carboxylic acids is 2. The Bertz CT molecular complexity index is 1820. The molecule has 0 aromatic carbocycles. The SMILES string of the molecule is CC/C=C\C/C=C\C/C=C\C/C=C\C/C=C\C/C=C\C/C=C\C/C=C\C/C=C\C/C=C\CCCCC(=O)OC(COC(=O)CCCCCCCCCC/C=C\C/C=C\C/C=C\C/C=C\CC)COP(=O)(O)OCCN. The van der Waals surface area contributed by atoms with Crippen LogP contribution in [0.4, 0.5) is 0 Å². The summed E-state index contributed by atoms with van der Waals surface area (Å²) < 4.78 is 32.9. The number of phosphoric ester groups is 1. The fourth-order valence-electron chi connectivity index (χ4n) is 6.95. The van der Waals surface area contributed by atoms with Crippen molar-refractivity contribution in [3.05, 3.63) is 170 Å². The van der Waals surface area contributed by atoms with E-state index in [1.165, 1.54) is 25.7 Å². The predicted octanol–water partition coefficient (Wildman–Crippen LogP) is 18.3. The van der Waals surface area contributed by atoms with Crippen LogP contribution in [-0.2, 0) is 32.7 Å². The van der Waals surface area contributed by atoms with Crippen LogP contribution < -0.4 is 5.73 Å². The lowest BCUT2D eigenvalue weighted by molar-refractivity contribution is -0.161. The maximum absolute atomic E-state index is 12.7. The Kier molecular flexibility index (Phi) is 55.0. The molecule has 0 rings (SSSR count). The summed E-state index contributed by atoms with van der Waals surface area (Å²) in [7, 11) is -4.42. The number of esters is 2. The highest BCUT2D eigenvalue weighted by Crippen LogP contribution is 2.43. The zero-order valence-corrected chi connectivity index (χ0v) is 47.6. The molecule has 0 radical (unpaired) electrons. The van der Waals surface area contributed by atoms with Crippen molar-refractivity contribution < 1.29 is 37.6 Å². The van der Waals surface area contributed by atoms with Gasteiger partial charge in [-0.05, 0) is 128 Å². The molecule has 0 saturated heterocycles. The van der Waals surface area contributed by atoms with Crippen LogP contribution in [0, 0.1) is 0 Å². The first-order chi connectivity index (χ1) is 36.8. The Balaban J connectivity index is 4.17. The normalized spacial score (nSPS) is 14.3. The lowest BCUT2D eigenvalue weighted by Crippen LogP contribution is -2.29. The van der Waals surface area contributed by atoms with Gasteiger partial charge in [-0.25, -0.2) is 4.57 Å². The predicted molar refractivity (Wildman–Crippen MR) is 320 cm³/mol. The van der Waals surface area contributed by atoms with E-state index in [1.54, 1.807) is 0 Å². The fraction of sp³-hybridized carbons (Fsp3) is 0.538. The average molecular weight is 1060 g/mol. The van der Waals surface area contributed by atoms with Gasteiger partial charge < -0.3 is 20.1 Å². The van der Waals surface area contributed by atoms with Crippen LogP contribution in [0.3, 0.4) is 0 Å². The van der Waals surface area contributed by atoms with Crippen molar-refractivity contribution in [2.24, 2.45) is 5.73 Å². The second kappa shape index (κ2) is 58.6. The van der Waals surface area contributed by atoms with E-state index in [-0.39, 0.29) is 32.6 Å². The number of hydrogen-bond donors (Lipinski definition) is 2. The molecule has 0 saturated carbocycles. The molecule has 2 atom stereocenters. The van der Waals surface area contributed by atoms with Gasteiger partial charge in [-0.2, -0.15) is 0 Å². The number of nitrogens with two attached hydrogens (primary N) is 1. The number of ether oxygens (including phenoxy) is 2. The first-order valence-corrected chi connectivity index (χ1v) is 30.1. The summed E-state index contributed by atoms with van der Waals surface area (Å²) in [6.45, 7) is 3.42. The number of allylic oxidation sites excluding steroid dienone is 28.